The number of fused-ring (bicyclic) bond motifs is 2. The van der Waals surface area contributed by atoms with Crippen LogP contribution in [0.25, 0.3) is 0 Å². The lowest BCUT2D eigenvalue weighted by molar-refractivity contribution is -0.128. The molecule has 0 aromatic carbocycles. The minimum absolute atomic E-state index is 0.0941. The number of aryl methyl sites for hydroxylation is 2. The van der Waals surface area contributed by atoms with Gasteiger partial charge in [0.1, 0.15) is 5.82 Å². The van der Waals surface area contributed by atoms with Gasteiger partial charge in [-0.2, -0.15) is 0 Å². The lowest BCUT2D eigenvalue weighted by Gasteiger charge is -2.39. The van der Waals surface area contributed by atoms with E-state index in [-0.39, 0.29) is 11.8 Å². The fraction of sp³-hybridized carbons (Fsp3) is 0.750. The van der Waals surface area contributed by atoms with Crippen molar-refractivity contribution in [2.75, 3.05) is 19.7 Å². The molecule has 3 aliphatic rings. The Morgan fingerprint density at radius 1 is 1.27 bits per heavy atom. The summed E-state index contributed by atoms with van der Waals surface area (Å²) < 4.78 is 5.79. The fourth-order valence-corrected chi connectivity index (χ4v) is 4.65. The predicted octanol–water partition coefficient (Wildman–Crippen LogP) is 1.48. The SMILES string of the molecule is Cc1nc(CCNC(=O)[C@H]2CC[C@H]3OCCN[C@@H]3C2)nc2c1CCCC2. The normalized spacial score (nSPS) is 28.1. The number of aromatic nitrogens is 2. The molecule has 2 N–H and O–H groups in total. The highest BCUT2D eigenvalue weighted by Crippen LogP contribution is 2.28. The first-order chi connectivity index (χ1) is 12.7. The van der Waals surface area contributed by atoms with Crippen LogP contribution in [0.3, 0.4) is 0 Å². The highest BCUT2D eigenvalue weighted by atomic mass is 16.5. The number of morpholine rings is 1. The van der Waals surface area contributed by atoms with Crippen LogP contribution in [0.2, 0.25) is 0 Å². The molecule has 4 rings (SSSR count). The van der Waals surface area contributed by atoms with Crippen LogP contribution in [0.5, 0.6) is 0 Å². The van der Waals surface area contributed by atoms with E-state index < -0.39 is 0 Å². The average molecular weight is 358 g/mol. The number of ether oxygens (including phenoxy) is 1. The maximum atomic E-state index is 12.5. The van der Waals surface area contributed by atoms with Crippen molar-refractivity contribution in [1.82, 2.24) is 20.6 Å². The van der Waals surface area contributed by atoms with Gasteiger partial charge in [-0.3, -0.25) is 4.79 Å². The Hall–Kier alpha value is -1.53. The number of amides is 1. The molecule has 3 atom stereocenters. The summed E-state index contributed by atoms with van der Waals surface area (Å²) in [6.45, 7) is 4.39. The third-order valence-electron chi connectivity index (χ3n) is 6.08. The zero-order chi connectivity index (χ0) is 17.9. The molecule has 1 amide bonds. The number of nitrogens with one attached hydrogen (secondary N) is 2. The number of nitrogens with zero attached hydrogens (tertiary/aromatic N) is 2. The molecule has 2 aliphatic carbocycles. The first kappa shape index (κ1) is 17.9. The van der Waals surface area contributed by atoms with E-state index in [1.54, 1.807) is 0 Å². The molecule has 0 spiro atoms. The average Bonchev–Trinajstić information content (AvgIpc) is 2.67. The molecule has 142 valence electrons. The number of hydrogen-bond donors (Lipinski definition) is 2. The van der Waals surface area contributed by atoms with Gasteiger partial charge in [0.15, 0.2) is 0 Å². The van der Waals surface area contributed by atoms with E-state index in [1.807, 2.05) is 0 Å². The molecule has 0 bridgehead atoms. The summed E-state index contributed by atoms with van der Waals surface area (Å²) in [6.07, 6.45) is 8.42. The molecule has 1 aromatic heterocycles. The van der Waals surface area contributed by atoms with E-state index >= 15 is 0 Å². The van der Waals surface area contributed by atoms with Crippen LogP contribution in [0.15, 0.2) is 0 Å². The Morgan fingerprint density at radius 3 is 3.08 bits per heavy atom. The second kappa shape index (κ2) is 8.01. The minimum Gasteiger partial charge on any atom is -0.375 e. The topological polar surface area (TPSA) is 76.1 Å². The summed E-state index contributed by atoms with van der Waals surface area (Å²) in [4.78, 5) is 22.0. The molecular formula is C20H30N4O2. The molecule has 0 unspecified atom stereocenters. The van der Waals surface area contributed by atoms with Gasteiger partial charge < -0.3 is 15.4 Å². The highest BCUT2D eigenvalue weighted by molar-refractivity contribution is 5.78. The van der Waals surface area contributed by atoms with Crippen molar-refractivity contribution < 1.29 is 9.53 Å². The van der Waals surface area contributed by atoms with Crippen molar-refractivity contribution in [3.63, 3.8) is 0 Å². The summed E-state index contributed by atoms with van der Waals surface area (Å²) in [7, 11) is 0. The van der Waals surface area contributed by atoms with Crippen molar-refractivity contribution in [1.29, 1.82) is 0 Å². The maximum Gasteiger partial charge on any atom is 0.223 e. The minimum atomic E-state index is 0.0941. The summed E-state index contributed by atoms with van der Waals surface area (Å²) in [5.74, 6) is 1.14. The molecule has 2 heterocycles. The van der Waals surface area contributed by atoms with Gasteiger partial charge in [-0.1, -0.05) is 0 Å². The Morgan fingerprint density at radius 2 is 2.15 bits per heavy atom. The van der Waals surface area contributed by atoms with Crippen molar-refractivity contribution in [3.8, 4) is 0 Å². The lowest BCUT2D eigenvalue weighted by Crippen LogP contribution is -2.53. The monoisotopic (exact) mass is 358 g/mol. The first-order valence-electron chi connectivity index (χ1n) is 10.2. The third-order valence-corrected chi connectivity index (χ3v) is 6.08. The van der Waals surface area contributed by atoms with E-state index in [1.165, 1.54) is 24.1 Å². The lowest BCUT2D eigenvalue weighted by atomic mass is 9.82. The smallest absolute Gasteiger partial charge is 0.223 e. The molecule has 6 heteroatoms. The van der Waals surface area contributed by atoms with Crippen LogP contribution in [0.4, 0.5) is 0 Å². The summed E-state index contributed by atoms with van der Waals surface area (Å²) >= 11 is 0. The van der Waals surface area contributed by atoms with Crippen molar-refractivity contribution >= 4 is 5.91 Å². The second-order valence-electron chi connectivity index (χ2n) is 7.88. The van der Waals surface area contributed by atoms with Crippen molar-refractivity contribution in [2.24, 2.45) is 5.92 Å². The summed E-state index contributed by atoms with van der Waals surface area (Å²) in [5.41, 5.74) is 3.70. The molecule has 6 nitrogen and oxygen atoms in total. The molecule has 1 saturated carbocycles. The van der Waals surface area contributed by atoms with Gasteiger partial charge >= 0.3 is 0 Å². The van der Waals surface area contributed by atoms with E-state index in [4.69, 9.17) is 9.72 Å². The highest BCUT2D eigenvalue weighted by Gasteiger charge is 2.35. The molecule has 2 fully saturated rings. The van der Waals surface area contributed by atoms with Gasteiger partial charge in [-0.25, -0.2) is 9.97 Å². The Labute approximate surface area is 155 Å². The number of rotatable bonds is 4. The third kappa shape index (κ3) is 3.91. The Balaban J connectivity index is 1.28. The molecular weight excluding hydrogens is 328 g/mol. The van der Waals surface area contributed by atoms with E-state index in [9.17, 15) is 4.79 Å². The van der Waals surface area contributed by atoms with E-state index in [2.05, 4.69) is 22.5 Å². The van der Waals surface area contributed by atoms with E-state index in [0.29, 0.717) is 25.1 Å². The van der Waals surface area contributed by atoms with Gasteiger partial charge in [0.2, 0.25) is 5.91 Å². The quantitative estimate of drug-likeness (QED) is 0.853. The number of carbonyl (C=O) groups is 1. The fourth-order valence-electron chi connectivity index (χ4n) is 4.65. The number of carbonyl (C=O) groups excluding carboxylic acids is 1. The molecule has 26 heavy (non-hydrogen) atoms. The second-order valence-corrected chi connectivity index (χ2v) is 7.88. The molecule has 1 saturated heterocycles. The van der Waals surface area contributed by atoms with Gasteiger partial charge in [-0.15, -0.1) is 0 Å². The summed E-state index contributed by atoms with van der Waals surface area (Å²) in [5, 5.41) is 6.61. The first-order valence-corrected chi connectivity index (χ1v) is 10.2. The van der Waals surface area contributed by atoms with Crippen molar-refractivity contribution in [2.45, 2.75) is 70.4 Å². The molecule has 1 aromatic rings. The zero-order valence-corrected chi connectivity index (χ0v) is 15.7. The largest absolute Gasteiger partial charge is 0.375 e. The summed E-state index contributed by atoms with van der Waals surface area (Å²) in [6, 6.07) is 0.333. The number of hydrogen-bond acceptors (Lipinski definition) is 5. The van der Waals surface area contributed by atoms with Gasteiger partial charge in [-0.05, 0) is 57.4 Å². The molecule has 1 aliphatic heterocycles. The Bertz CT molecular complexity index is 663. The van der Waals surface area contributed by atoms with Crippen molar-refractivity contribution in [3.05, 3.63) is 22.8 Å². The Kier molecular flexibility index (Phi) is 5.50. The van der Waals surface area contributed by atoms with Crippen LogP contribution >= 0.6 is 0 Å². The van der Waals surface area contributed by atoms with Crippen LogP contribution in [0, 0.1) is 12.8 Å². The van der Waals surface area contributed by atoms with Crippen LogP contribution in [-0.2, 0) is 28.8 Å². The predicted molar refractivity (Wildman–Crippen MR) is 99.0 cm³/mol. The maximum absolute atomic E-state index is 12.5. The van der Waals surface area contributed by atoms with Crippen LogP contribution in [-0.4, -0.2) is 47.7 Å². The zero-order valence-electron chi connectivity index (χ0n) is 15.7. The van der Waals surface area contributed by atoms with E-state index in [0.717, 1.165) is 56.8 Å². The van der Waals surface area contributed by atoms with Crippen LogP contribution < -0.4 is 10.6 Å². The standard InChI is InChI=1S/C20H30N4O2/c1-13-15-4-2-3-5-16(15)24-19(23-13)8-9-22-20(25)14-6-7-18-17(12-14)21-10-11-26-18/h14,17-18,21H,2-12H2,1H3,(H,22,25)/t14-,17+,18+/m0/s1. The van der Waals surface area contributed by atoms with Gasteiger partial charge in [0.25, 0.3) is 0 Å². The molecule has 0 radical (unpaired) electrons. The van der Waals surface area contributed by atoms with Gasteiger partial charge in [0.05, 0.1) is 12.7 Å². The van der Waals surface area contributed by atoms with Gasteiger partial charge in [0, 0.05) is 42.9 Å². The van der Waals surface area contributed by atoms with Crippen LogP contribution in [0.1, 0.15) is 54.9 Å².